The largest absolute Gasteiger partial charge is 0.331 e. The fourth-order valence-electron chi connectivity index (χ4n) is 1.02. The van der Waals surface area contributed by atoms with Crippen LogP contribution in [0.3, 0.4) is 0 Å². The van der Waals surface area contributed by atoms with E-state index in [-0.39, 0.29) is 9.52 Å². The van der Waals surface area contributed by atoms with Gasteiger partial charge in [0.1, 0.15) is 0 Å². The molecule has 0 unspecified atom stereocenters. The van der Waals surface area contributed by atoms with Crippen molar-refractivity contribution in [3.8, 4) is 0 Å². The Bertz CT molecular complexity index is 115. The van der Waals surface area contributed by atoms with Crippen LogP contribution in [0.2, 0.25) is 6.04 Å². The van der Waals surface area contributed by atoms with Crippen LogP contribution >= 0.6 is 0 Å². The van der Waals surface area contributed by atoms with E-state index < -0.39 is 5.97 Å². The molecule has 0 spiro atoms. The summed E-state index contributed by atoms with van der Waals surface area (Å²) in [6, 6.07) is 1.08. The Morgan fingerprint density at radius 1 is 1.25 bits per heavy atom. The van der Waals surface area contributed by atoms with Crippen LogP contribution in [0.15, 0.2) is 12.3 Å². The van der Waals surface area contributed by atoms with Gasteiger partial charge in [0, 0.05) is 37.3 Å². The predicted molar refractivity (Wildman–Crippen MR) is 51.9 cm³/mol. The number of ether oxygens (including phenoxy) is 3. The molecule has 0 saturated heterocycles. The van der Waals surface area contributed by atoms with Crippen LogP contribution in [0.25, 0.3) is 0 Å². The molecule has 12 heavy (non-hydrogen) atoms. The summed E-state index contributed by atoms with van der Waals surface area (Å²) in [7, 11) is 4.60. The fourth-order valence-corrected chi connectivity index (χ4v) is 1.94. The van der Waals surface area contributed by atoms with Crippen LogP contribution in [0.1, 0.15) is 6.42 Å². The minimum absolute atomic E-state index is 0.162. The van der Waals surface area contributed by atoms with E-state index in [0.29, 0.717) is 0 Å². The number of hydrogen-bond donors (Lipinski definition) is 0. The first-order valence-electron chi connectivity index (χ1n) is 4.01. The van der Waals surface area contributed by atoms with Crippen LogP contribution in [-0.4, -0.2) is 36.8 Å². The molecule has 0 aromatic heterocycles. The monoisotopic (exact) mass is 190 g/mol. The molecule has 0 aromatic carbocycles. The predicted octanol–water partition coefficient (Wildman–Crippen LogP) is 0.700. The van der Waals surface area contributed by atoms with Gasteiger partial charge in [0.15, 0.2) is 0 Å². The summed E-state index contributed by atoms with van der Waals surface area (Å²) in [6.45, 7) is 3.70. The molecule has 0 atom stereocenters. The maximum absolute atomic E-state index is 5.13. The summed E-state index contributed by atoms with van der Waals surface area (Å²) in [5.41, 5.74) is 2.01. The second-order valence-electron chi connectivity index (χ2n) is 2.48. The molecule has 72 valence electrons. The van der Waals surface area contributed by atoms with E-state index in [0.717, 1.165) is 12.5 Å². The van der Waals surface area contributed by atoms with E-state index in [9.17, 15) is 0 Å². The lowest BCUT2D eigenvalue weighted by Gasteiger charge is -2.28. The molecule has 0 aliphatic rings. The molecule has 0 N–H and O–H groups in total. The molecule has 0 aromatic rings. The molecule has 0 radical (unpaired) electrons. The van der Waals surface area contributed by atoms with Crippen molar-refractivity contribution in [2.24, 2.45) is 0 Å². The molecular weight excluding hydrogens is 172 g/mol. The highest BCUT2D eigenvalue weighted by Gasteiger charge is 2.28. The first-order valence-corrected chi connectivity index (χ1v) is 5.82. The minimum Gasteiger partial charge on any atom is -0.331 e. The van der Waals surface area contributed by atoms with Gasteiger partial charge in [-0.25, -0.2) is 0 Å². The summed E-state index contributed by atoms with van der Waals surface area (Å²) < 4.78 is 15.4. The van der Waals surface area contributed by atoms with Gasteiger partial charge in [-0.1, -0.05) is 6.04 Å². The number of hydrogen-bond acceptors (Lipinski definition) is 3. The van der Waals surface area contributed by atoms with Gasteiger partial charge < -0.3 is 14.2 Å². The SMILES string of the molecule is C=C[SiH2]CCC(OC)(OC)OC. The van der Waals surface area contributed by atoms with Crippen molar-refractivity contribution in [3.63, 3.8) is 0 Å². The Kier molecular flexibility index (Phi) is 6.28. The van der Waals surface area contributed by atoms with Crippen LogP contribution in [0.5, 0.6) is 0 Å². The van der Waals surface area contributed by atoms with Crippen molar-refractivity contribution in [2.75, 3.05) is 21.3 Å². The first kappa shape index (κ1) is 11.8. The Labute approximate surface area is 76.5 Å². The fraction of sp³-hybridized carbons (Fsp3) is 0.750. The standard InChI is InChI=1S/C8H18O3Si/c1-5-12-7-6-8(9-2,10-3)11-4/h5H,1,6-7,12H2,2-4H3. The number of methoxy groups -OCH3 is 3. The van der Waals surface area contributed by atoms with Gasteiger partial charge in [-0.05, 0) is 0 Å². The van der Waals surface area contributed by atoms with Crippen molar-refractivity contribution >= 4 is 9.52 Å². The van der Waals surface area contributed by atoms with Crippen molar-refractivity contribution in [3.05, 3.63) is 12.3 Å². The lowest BCUT2D eigenvalue weighted by Crippen LogP contribution is -2.35. The third-order valence-electron chi connectivity index (χ3n) is 1.82. The molecule has 0 amide bonds. The highest BCUT2D eigenvalue weighted by Crippen LogP contribution is 2.18. The van der Waals surface area contributed by atoms with E-state index in [1.807, 2.05) is 5.70 Å². The summed E-state index contributed by atoms with van der Waals surface area (Å²) in [4.78, 5) is 0. The average molecular weight is 190 g/mol. The van der Waals surface area contributed by atoms with Gasteiger partial charge in [0.05, 0.1) is 0 Å². The van der Waals surface area contributed by atoms with Crippen molar-refractivity contribution in [1.29, 1.82) is 0 Å². The maximum Gasteiger partial charge on any atom is 0.281 e. The quantitative estimate of drug-likeness (QED) is 0.336. The van der Waals surface area contributed by atoms with Crippen LogP contribution in [0, 0.1) is 0 Å². The Morgan fingerprint density at radius 2 is 1.75 bits per heavy atom. The zero-order valence-electron chi connectivity index (χ0n) is 8.13. The second kappa shape index (κ2) is 6.36. The Hall–Kier alpha value is -0.163. The van der Waals surface area contributed by atoms with Crippen molar-refractivity contribution in [2.45, 2.75) is 18.4 Å². The summed E-state index contributed by atoms with van der Waals surface area (Å²) in [6.07, 6.45) is 0.773. The van der Waals surface area contributed by atoms with E-state index in [1.165, 1.54) is 0 Å². The van der Waals surface area contributed by atoms with E-state index in [2.05, 4.69) is 6.58 Å². The summed E-state index contributed by atoms with van der Waals surface area (Å²) >= 11 is 0. The molecule has 4 heteroatoms. The van der Waals surface area contributed by atoms with Gasteiger partial charge >= 0.3 is 0 Å². The smallest absolute Gasteiger partial charge is 0.281 e. The van der Waals surface area contributed by atoms with Gasteiger partial charge in [-0.15, -0.1) is 12.3 Å². The van der Waals surface area contributed by atoms with Crippen LogP contribution < -0.4 is 0 Å². The molecule has 0 aliphatic carbocycles. The molecule has 0 fully saturated rings. The molecule has 3 nitrogen and oxygen atoms in total. The van der Waals surface area contributed by atoms with E-state index >= 15 is 0 Å². The van der Waals surface area contributed by atoms with Gasteiger partial charge in [-0.3, -0.25) is 0 Å². The lowest BCUT2D eigenvalue weighted by atomic mass is 10.4. The molecule has 0 rings (SSSR count). The highest BCUT2D eigenvalue weighted by atomic mass is 28.2. The van der Waals surface area contributed by atoms with Crippen molar-refractivity contribution in [1.82, 2.24) is 0 Å². The topological polar surface area (TPSA) is 27.7 Å². The Morgan fingerprint density at radius 3 is 2.08 bits per heavy atom. The molecule has 0 saturated carbocycles. The molecule has 0 aliphatic heterocycles. The zero-order valence-corrected chi connectivity index (χ0v) is 9.54. The third-order valence-corrected chi connectivity index (χ3v) is 2.99. The lowest BCUT2D eigenvalue weighted by molar-refractivity contribution is -0.352. The van der Waals surface area contributed by atoms with Gasteiger partial charge in [0.2, 0.25) is 0 Å². The highest BCUT2D eigenvalue weighted by molar-refractivity contribution is 6.41. The zero-order chi connectivity index (χ0) is 9.45. The summed E-state index contributed by atoms with van der Waals surface area (Å²) in [5.74, 6) is -0.837. The third kappa shape index (κ3) is 3.49. The summed E-state index contributed by atoms with van der Waals surface area (Å²) in [5, 5.41) is 0. The van der Waals surface area contributed by atoms with Gasteiger partial charge in [-0.2, -0.15) is 0 Å². The van der Waals surface area contributed by atoms with Gasteiger partial charge in [0.25, 0.3) is 5.97 Å². The minimum atomic E-state index is -0.837. The van der Waals surface area contributed by atoms with Crippen LogP contribution in [0.4, 0.5) is 0 Å². The van der Waals surface area contributed by atoms with Crippen molar-refractivity contribution < 1.29 is 14.2 Å². The molecule has 0 heterocycles. The normalized spacial score (nSPS) is 12.6. The molecular formula is C8H18O3Si. The van der Waals surface area contributed by atoms with E-state index in [4.69, 9.17) is 14.2 Å². The maximum atomic E-state index is 5.13. The molecule has 0 bridgehead atoms. The number of rotatable bonds is 7. The first-order chi connectivity index (χ1) is 5.74. The second-order valence-corrected chi connectivity index (χ2v) is 4.34. The average Bonchev–Trinajstić information content (AvgIpc) is 2.14. The van der Waals surface area contributed by atoms with E-state index in [1.54, 1.807) is 21.3 Å². The Balaban J connectivity index is 3.84. The van der Waals surface area contributed by atoms with Crippen LogP contribution in [-0.2, 0) is 14.2 Å².